The van der Waals surface area contributed by atoms with Gasteiger partial charge in [0, 0.05) is 6.20 Å². The molecule has 0 radical (unpaired) electrons. The van der Waals surface area contributed by atoms with Gasteiger partial charge in [0.1, 0.15) is 11.3 Å². The number of H-pyrrole nitrogens is 2. The number of rotatable bonds is 3. The fraction of sp³-hybridized carbons (Fsp3) is 0.125. The lowest BCUT2D eigenvalue weighted by atomic mass is 10.2. The van der Waals surface area contributed by atoms with Crippen molar-refractivity contribution in [2.75, 3.05) is 5.32 Å². The fourth-order valence-electron chi connectivity index (χ4n) is 2.62. The number of benzene rings is 1. The zero-order valence-electron chi connectivity index (χ0n) is 13.0. The number of carbonyl (C=O) groups is 1. The largest absolute Gasteiger partial charge is 0.361 e. The lowest BCUT2D eigenvalue weighted by Gasteiger charge is -2.03. The first kappa shape index (κ1) is 14.2. The molecule has 1 amide bonds. The quantitative estimate of drug-likeness (QED) is 0.537. The van der Waals surface area contributed by atoms with Crippen LogP contribution < -0.4 is 5.32 Å². The van der Waals surface area contributed by atoms with Gasteiger partial charge in [0.2, 0.25) is 0 Å². The predicted molar refractivity (Wildman–Crippen MR) is 87.6 cm³/mol. The Balaban J connectivity index is 1.69. The van der Waals surface area contributed by atoms with E-state index in [1.807, 2.05) is 24.3 Å². The molecule has 0 saturated heterocycles. The Labute approximate surface area is 136 Å². The third kappa shape index (κ3) is 2.24. The summed E-state index contributed by atoms with van der Waals surface area (Å²) in [5, 5.41) is 13.6. The highest BCUT2D eigenvalue weighted by atomic mass is 16.5. The standard InChI is InChI=1S/C16H14N6O2/c1-8-13(9(2)24-22-8)16(23)20-12-7-17-21-14(12)15-18-10-5-3-4-6-11(10)19-15/h3-7H,1-2H3,(H,17,21)(H,18,19)(H,20,23). The molecule has 8 nitrogen and oxygen atoms in total. The number of aromatic nitrogens is 5. The van der Waals surface area contributed by atoms with Crippen LogP contribution in [0.25, 0.3) is 22.6 Å². The summed E-state index contributed by atoms with van der Waals surface area (Å²) in [6, 6.07) is 7.68. The maximum absolute atomic E-state index is 12.5. The number of aromatic amines is 2. The van der Waals surface area contributed by atoms with Crippen molar-refractivity contribution in [3.05, 3.63) is 47.5 Å². The van der Waals surface area contributed by atoms with E-state index >= 15 is 0 Å². The monoisotopic (exact) mass is 322 g/mol. The Morgan fingerprint density at radius 2 is 2.08 bits per heavy atom. The predicted octanol–water partition coefficient (Wildman–Crippen LogP) is 2.81. The average molecular weight is 322 g/mol. The first-order valence-electron chi connectivity index (χ1n) is 7.36. The van der Waals surface area contributed by atoms with E-state index in [0.717, 1.165) is 11.0 Å². The van der Waals surface area contributed by atoms with Gasteiger partial charge >= 0.3 is 0 Å². The van der Waals surface area contributed by atoms with Crippen LogP contribution in [0.3, 0.4) is 0 Å². The van der Waals surface area contributed by atoms with Crippen LogP contribution in [0, 0.1) is 13.8 Å². The summed E-state index contributed by atoms with van der Waals surface area (Å²) in [5.41, 5.74) is 3.76. The molecule has 1 aromatic carbocycles. The normalized spacial score (nSPS) is 11.1. The van der Waals surface area contributed by atoms with Gasteiger partial charge in [-0.1, -0.05) is 17.3 Å². The molecule has 0 aliphatic carbocycles. The molecule has 0 fully saturated rings. The molecule has 0 aliphatic rings. The van der Waals surface area contributed by atoms with Crippen molar-refractivity contribution in [1.82, 2.24) is 25.3 Å². The average Bonchev–Trinajstić information content (AvgIpc) is 3.25. The van der Waals surface area contributed by atoms with Crippen molar-refractivity contribution in [2.45, 2.75) is 13.8 Å². The van der Waals surface area contributed by atoms with Crippen LogP contribution in [0.4, 0.5) is 5.69 Å². The minimum atomic E-state index is -0.301. The van der Waals surface area contributed by atoms with Crippen molar-refractivity contribution in [3.63, 3.8) is 0 Å². The zero-order valence-corrected chi connectivity index (χ0v) is 13.0. The van der Waals surface area contributed by atoms with Gasteiger partial charge in [-0.15, -0.1) is 0 Å². The van der Waals surface area contributed by atoms with Crippen LogP contribution in [0.2, 0.25) is 0 Å². The molecule has 3 aromatic heterocycles. The van der Waals surface area contributed by atoms with E-state index in [1.54, 1.807) is 20.0 Å². The molecule has 4 rings (SSSR count). The van der Waals surface area contributed by atoms with Crippen LogP contribution in [-0.4, -0.2) is 31.2 Å². The van der Waals surface area contributed by atoms with Crippen LogP contribution >= 0.6 is 0 Å². The Hall–Kier alpha value is -3.42. The van der Waals surface area contributed by atoms with Gasteiger partial charge in [-0.25, -0.2) is 4.98 Å². The van der Waals surface area contributed by atoms with Gasteiger partial charge in [0.15, 0.2) is 11.5 Å². The summed E-state index contributed by atoms with van der Waals surface area (Å²) < 4.78 is 5.04. The van der Waals surface area contributed by atoms with E-state index in [9.17, 15) is 4.79 Å². The Kier molecular flexibility index (Phi) is 3.16. The van der Waals surface area contributed by atoms with Crippen molar-refractivity contribution >= 4 is 22.6 Å². The highest BCUT2D eigenvalue weighted by Crippen LogP contribution is 2.26. The number of para-hydroxylation sites is 2. The van der Waals surface area contributed by atoms with Gasteiger partial charge in [-0.05, 0) is 26.0 Å². The van der Waals surface area contributed by atoms with Crippen molar-refractivity contribution in [3.8, 4) is 11.5 Å². The summed E-state index contributed by atoms with van der Waals surface area (Å²) in [6.07, 6.45) is 1.61. The zero-order chi connectivity index (χ0) is 16.7. The molecular weight excluding hydrogens is 308 g/mol. The Morgan fingerprint density at radius 1 is 1.25 bits per heavy atom. The van der Waals surface area contributed by atoms with E-state index < -0.39 is 0 Å². The number of hydrogen-bond acceptors (Lipinski definition) is 5. The second-order valence-corrected chi connectivity index (χ2v) is 5.40. The van der Waals surface area contributed by atoms with E-state index in [4.69, 9.17) is 4.52 Å². The molecule has 0 atom stereocenters. The molecule has 0 saturated carbocycles. The minimum absolute atomic E-state index is 0.301. The van der Waals surface area contributed by atoms with Crippen LogP contribution in [0.5, 0.6) is 0 Å². The van der Waals surface area contributed by atoms with Crippen LogP contribution in [-0.2, 0) is 0 Å². The number of nitrogens with zero attached hydrogens (tertiary/aromatic N) is 3. The van der Waals surface area contributed by atoms with E-state index in [2.05, 4.69) is 30.6 Å². The molecule has 4 aromatic rings. The molecule has 120 valence electrons. The molecule has 24 heavy (non-hydrogen) atoms. The number of hydrogen-bond donors (Lipinski definition) is 3. The Morgan fingerprint density at radius 3 is 2.83 bits per heavy atom. The summed E-state index contributed by atoms with van der Waals surface area (Å²) in [5.74, 6) is 0.746. The van der Waals surface area contributed by atoms with E-state index in [1.165, 1.54) is 0 Å². The van der Waals surface area contributed by atoms with Gasteiger partial charge in [-0.3, -0.25) is 9.89 Å². The van der Waals surface area contributed by atoms with Gasteiger partial charge in [-0.2, -0.15) is 5.10 Å². The number of fused-ring (bicyclic) bond motifs is 1. The molecule has 0 aliphatic heterocycles. The molecule has 0 bridgehead atoms. The van der Waals surface area contributed by atoms with Crippen molar-refractivity contribution < 1.29 is 9.32 Å². The molecule has 3 heterocycles. The molecule has 0 spiro atoms. The lowest BCUT2D eigenvalue weighted by molar-refractivity contribution is 0.102. The smallest absolute Gasteiger partial charge is 0.261 e. The second-order valence-electron chi connectivity index (χ2n) is 5.40. The summed E-state index contributed by atoms with van der Waals surface area (Å²) in [6.45, 7) is 3.42. The topological polar surface area (TPSA) is 112 Å². The first-order chi connectivity index (χ1) is 11.6. The maximum Gasteiger partial charge on any atom is 0.261 e. The van der Waals surface area contributed by atoms with E-state index in [-0.39, 0.29) is 5.91 Å². The summed E-state index contributed by atoms with van der Waals surface area (Å²) in [4.78, 5) is 20.2. The number of anilines is 1. The number of amides is 1. The summed E-state index contributed by atoms with van der Waals surface area (Å²) in [7, 11) is 0. The van der Waals surface area contributed by atoms with Crippen molar-refractivity contribution in [2.24, 2.45) is 0 Å². The number of carbonyl (C=O) groups excluding carboxylic acids is 1. The number of nitrogens with one attached hydrogen (secondary N) is 3. The maximum atomic E-state index is 12.5. The Bertz CT molecular complexity index is 989. The highest BCUT2D eigenvalue weighted by molar-refractivity contribution is 6.07. The van der Waals surface area contributed by atoms with E-state index in [0.29, 0.717) is 34.2 Å². The van der Waals surface area contributed by atoms with Crippen LogP contribution in [0.1, 0.15) is 21.8 Å². The SMILES string of the molecule is Cc1noc(C)c1C(=O)Nc1c[nH]nc1-c1nc2ccccc2[nH]1. The molecular formula is C16H14N6O2. The van der Waals surface area contributed by atoms with Gasteiger partial charge < -0.3 is 14.8 Å². The van der Waals surface area contributed by atoms with Gasteiger partial charge in [0.05, 0.1) is 22.4 Å². The number of imidazole rings is 1. The molecule has 0 unspecified atom stereocenters. The fourth-order valence-corrected chi connectivity index (χ4v) is 2.62. The third-order valence-electron chi connectivity index (χ3n) is 3.76. The number of aryl methyl sites for hydroxylation is 2. The molecule has 8 heteroatoms. The van der Waals surface area contributed by atoms with Gasteiger partial charge in [0.25, 0.3) is 5.91 Å². The summed E-state index contributed by atoms with van der Waals surface area (Å²) >= 11 is 0. The highest BCUT2D eigenvalue weighted by Gasteiger charge is 2.20. The molecule has 3 N–H and O–H groups in total. The second kappa shape index (κ2) is 5.34. The lowest BCUT2D eigenvalue weighted by Crippen LogP contribution is -2.13. The minimum Gasteiger partial charge on any atom is -0.361 e. The van der Waals surface area contributed by atoms with Crippen LogP contribution in [0.15, 0.2) is 35.0 Å². The van der Waals surface area contributed by atoms with Crippen molar-refractivity contribution in [1.29, 1.82) is 0 Å². The third-order valence-corrected chi connectivity index (χ3v) is 3.76. The first-order valence-corrected chi connectivity index (χ1v) is 7.36.